The van der Waals surface area contributed by atoms with E-state index in [1.165, 1.54) is 24.3 Å². The molecule has 0 heterocycles. The number of halogens is 2. The van der Waals surface area contributed by atoms with Crippen LogP contribution in [0.3, 0.4) is 0 Å². The molecule has 0 aromatic heterocycles. The zero-order valence-electron chi connectivity index (χ0n) is 19.9. The second-order valence-corrected chi connectivity index (χ2v) is 9.19. The van der Waals surface area contributed by atoms with Crippen molar-refractivity contribution in [2.24, 2.45) is 0 Å². The lowest BCUT2D eigenvalue weighted by Crippen LogP contribution is -2.11. The SMILES string of the molecule is O=C(Oc1cc(-c2ccccc2)ccc1Cl)c1ccc(C(=O)Oc2cc(-c3ccccc3)ccc2Cl)cc1. The third-order valence-corrected chi connectivity index (χ3v) is 6.46. The summed E-state index contributed by atoms with van der Waals surface area (Å²) in [5.74, 6) is -0.713. The van der Waals surface area contributed by atoms with Gasteiger partial charge in [0.2, 0.25) is 0 Å². The Balaban J connectivity index is 1.29. The number of benzene rings is 5. The largest absolute Gasteiger partial charge is 0.421 e. The molecule has 0 amide bonds. The fourth-order valence-corrected chi connectivity index (χ4v) is 4.16. The van der Waals surface area contributed by atoms with E-state index < -0.39 is 11.9 Å². The van der Waals surface area contributed by atoms with Crippen molar-refractivity contribution in [1.29, 1.82) is 0 Å². The van der Waals surface area contributed by atoms with Crippen molar-refractivity contribution in [2.75, 3.05) is 0 Å². The molecule has 0 aliphatic heterocycles. The van der Waals surface area contributed by atoms with Gasteiger partial charge in [0, 0.05) is 0 Å². The third-order valence-electron chi connectivity index (χ3n) is 5.84. The van der Waals surface area contributed by atoms with Gasteiger partial charge in [0.15, 0.2) is 0 Å². The Hall–Kier alpha value is -4.38. The van der Waals surface area contributed by atoms with E-state index in [-0.39, 0.29) is 22.6 Å². The van der Waals surface area contributed by atoms with Gasteiger partial charge in [-0.2, -0.15) is 0 Å². The van der Waals surface area contributed by atoms with E-state index in [4.69, 9.17) is 32.7 Å². The van der Waals surface area contributed by atoms with Gasteiger partial charge in [-0.1, -0.05) is 96.0 Å². The first-order valence-corrected chi connectivity index (χ1v) is 12.5. The van der Waals surface area contributed by atoms with Gasteiger partial charge in [0.25, 0.3) is 0 Å². The fraction of sp³-hybridized carbons (Fsp3) is 0. The molecule has 5 aromatic rings. The number of carbonyl (C=O) groups is 2. The molecule has 6 heteroatoms. The van der Waals surface area contributed by atoms with Crippen LogP contribution in [0.4, 0.5) is 0 Å². The van der Waals surface area contributed by atoms with E-state index in [0.717, 1.165) is 22.3 Å². The number of esters is 2. The van der Waals surface area contributed by atoms with Gasteiger partial charge in [0.1, 0.15) is 11.5 Å². The molecule has 0 fully saturated rings. The van der Waals surface area contributed by atoms with Crippen molar-refractivity contribution in [3.05, 3.63) is 142 Å². The highest BCUT2D eigenvalue weighted by Gasteiger charge is 2.16. The minimum absolute atomic E-state index is 0.245. The molecule has 0 saturated heterocycles. The van der Waals surface area contributed by atoms with Gasteiger partial charge in [0.05, 0.1) is 21.2 Å². The number of ether oxygens (including phenoxy) is 2. The first-order valence-electron chi connectivity index (χ1n) is 11.7. The Bertz CT molecular complexity index is 1480. The average molecular weight is 539 g/mol. The lowest BCUT2D eigenvalue weighted by molar-refractivity contribution is 0.0720. The second-order valence-electron chi connectivity index (χ2n) is 8.38. The Morgan fingerprint density at radius 2 is 0.816 bits per heavy atom. The van der Waals surface area contributed by atoms with Crippen molar-refractivity contribution in [3.63, 3.8) is 0 Å². The van der Waals surface area contributed by atoms with Crippen LogP contribution in [0.25, 0.3) is 22.3 Å². The molecule has 5 rings (SSSR count). The number of carbonyl (C=O) groups excluding carboxylic acids is 2. The maximum Gasteiger partial charge on any atom is 0.343 e. The van der Waals surface area contributed by atoms with Crippen LogP contribution in [0.5, 0.6) is 11.5 Å². The van der Waals surface area contributed by atoms with Crippen molar-refractivity contribution < 1.29 is 19.1 Å². The minimum atomic E-state index is -0.601. The van der Waals surface area contributed by atoms with Crippen LogP contribution in [0.1, 0.15) is 20.7 Å². The van der Waals surface area contributed by atoms with Crippen molar-refractivity contribution in [1.82, 2.24) is 0 Å². The average Bonchev–Trinajstić information content (AvgIpc) is 2.96. The summed E-state index contributed by atoms with van der Waals surface area (Å²) in [6.07, 6.45) is 0. The van der Waals surface area contributed by atoms with Gasteiger partial charge in [-0.05, 0) is 70.8 Å². The van der Waals surface area contributed by atoms with Crippen LogP contribution in [0, 0.1) is 0 Å². The van der Waals surface area contributed by atoms with E-state index in [0.29, 0.717) is 10.0 Å². The van der Waals surface area contributed by atoms with Crippen LogP contribution in [-0.2, 0) is 0 Å². The molecule has 38 heavy (non-hydrogen) atoms. The molecule has 0 aliphatic carbocycles. The molecule has 0 N–H and O–H groups in total. The van der Waals surface area contributed by atoms with Gasteiger partial charge in [-0.3, -0.25) is 0 Å². The van der Waals surface area contributed by atoms with E-state index >= 15 is 0 Å². The van der Waals surface area contributed by atoms with Gasteiger partial charge < -0.3 is 9.47 Å². The maximum absolute atomic E-state index is 12.8. The van der Waals surface area contributed by atoms with Crippen LogP contribution in [0.2, 0.25) is 10.0 Å². The van der Waals surface area contributed by atoms with E-state index in [9.17, 15) is 9.59 Å². The van der Waals surface area contributed by atoms with Gasteiger partial charge >= 0.3 is 11.9 Å². The highest BCUT2D eigenvalue weighted by molar-refractivity contribution is 6.32. The highest BCUT2D eigenvalue weighted by Crippen LogP contribution is 2.32. The van der Waals surface area contributed by atoms with E-state index in [2.05, 4.69) is 0 Å². The first-order chi connectivity index (χ1) is 18.5. The summed E-state index contributed by atoms with van der Waals surface area (Å²) >= 11 is 12.5. The highest BCUT2D eigenvalue weighted by atomic mass is 35.5. The van der Waals surface area contributed by atoms with Gasteiger partial charge in [-0.25, -0.2) is 9.59 Å². The summed E-state index contributed by atoms with van der Waals surface area (Å²) < 4.78 is 11.1. The Kier molecular flexibility index (Phi) is 7.55. The molecule has 186 valence electrons. The Morgan fingerprint density at radius 3 is 1.18 bits per heavy atom. The molecule has 0 unspecified atom stereocenters. The van der Waals surface area contributed by atoms with Crippen molar-refractivity contribution in [2.45, 2.75) is 0 Å². The minimum Gasteiger partial charge on any atom is -0.421 e. The molecular formula is C32H20Cl2O4. The van der Waals surface area contributed by atoms with Crippen LogP contribution in [0.15, 0.2) is 121 Å². The number of hydrogen-bond donors (Lipinski definition) is 0. The molecule has 5 aromatic carbocycles. The molecule has 4 nitrogen and oxygen atoms in total. The molecule has 0 saturated carbocycles. The van der Waals surface area contributed by atoms with Crippen LogP contribution in [-0.4, -0.2) is 11.9 Å². The van der Waals surface area contributed by atoms with Crippen molar-refractivity contribution in [3.8, 4) is 33.8 Å². The molecule has 0 radical (unpaired) electrons. The normalized spacial score (nSPS) is 10.6. The Labute approximate surface area is 230 Å². The lowest BCUT2D eigenvalue weighted by Gasteiger charge is -2.10. The monoisotopic (exact) mass is 538 g/mol. The zero-order valence-corrected chi connectivity index (χ0v) is 21.4. The number of rotatable bonds is 6. The van der Waals surface area contributed by atoms with Crippen molar-refractivity contribution >= 4 is 35.1 Å². The lowest BCUT2D eigenvalue weighted by atomic mass is 10.1. The van der Waals surface area contributed by atoms with Gasteiger partial charge in [-0.15, -0.1) is 0 Å². The smallest absolute Gasteiger partial charge is 0.343 e. The number of hydrogen-bond acceptors (Lipinski definition) is 4. The van der Waals surface area contributed by atoms with Crippen LogP contribution >= 0.6 is 23.2 Å². The maximum atomic E-state index is 12.8. The molecular weight excluding hydrogens is 519 g/mol. The Morgan fingerprint density at radius 1 is 0.447 bits per heavy atom. The molecule has 0 spiro atoms. The quantitative estimate of drug-likeness (QED) is 0.160. The third kappa shape index (κ3) is 5.78. The standard InChI is InChI=1S/C32H20Cl2O4/c33-27-17-15-25(21-7-3-1-4-8-21)19-29(27)37-31(35)23-11-13-24(14-12-23)32(36)38-30-20-26(16-18-28(30)34)22-9-5-2-6-10-22/h1-20H. The summed E-state index contributed by atoms with van der Waals surface area (Å²) in [4.78, 5) is 25.6. The molecule has 0 bridgehead atoms. The fourth-order valence-electron chi connectivity index (χ4n) is 3.84. The zero-order chi connectivity index (χ0) is 26.5. The van der Waals surface area contributed by atoms with E-state index in [1.807, 2.05) is 72.8 Å². The predicted octanol–water partition coefficient (Wildman–Crippen LogP) is 8.77. The summed E-state index contributed by atoms with van der Waals surface area (Å²) in [7, 11) is 0. The summed E-state index contributed by atoms with van der Waals surface area (Å²) in [6, 6.07) is 35.9. The van der Waals surface area contributed by atoms with Crippen LogP contribution < -0.4 is 9.47 Å². The second kappa shape index (κ2) is 11.3. The summed E-state index contributed by atoms with van der Waals surface area (Å²) in [5, 5.41) is 0.626. The topological polar surface area (TPSA) is 52.6 Å². The predicted molar refractivity (Wildman–Crippen MR) is 150 cm³/mol. The molecule has 0 aliphatic rings. The first kappa shape index (κ1) is 25.3. The summed E-state index contributed by atoms with van der Waals surface area (Å²) in [5.41, 5.74) is 4.19. The summed E-state index contributed by atoms with van der Waals surface area (Å²) in [6.45, 7) is 0. The van der Waals surface area contributed by atoms with E-state index in [1.54, 1.807) is 24.3 Å². The molecule has 0 atom stereocenters.